The second-order valence-corrected chi connectivity index (χ2v) is 5.44. The minimum Gasteiger partial charge on any atom is -0.469 e. The number of alkyl halides is 1. The Kier molecular flexibility index (Phi) is 4.62. The number of ether oxygens (including phenoxy) is 2. The van der Waals surface area contributed by atoms with E-state index in [-0.39, 0.29) is 28.5 Å². The summed E-state index contributed by atoms with van der Waals surface area (Å²) in [6.45, 7) is 1.97. The first-order chi connectivity index (χ1) is 7.02. The minimum absolute atomic E-state index is 0.131. The van der Waals surface area contributed by atoms with Gasteiger partial charge in [0, 0.05) is 16.4 Å². The van der Waals surface area contributed by atoms with Crippen molar-refractivity contribution in [2.45, 2.75) is 35.8 Å². The van der Waals surface area contributed by atoms with Gasteiger partial charge in [-0.1, -0.05) is 22.6 Å². The predicted molar refractivity (Wildman–Crippen MR) is 61.9 cm³/mol. The molecule has 1 amide bonds. The average Bonchev–Trinajstić information content (AvgIpc) is 2.16. The van der Waals surface area contributed by atoms with Crippen molar-refractivity contribution in [1.82, 2.24) is 5.32 Å². The fourth-order valence-corrected chi connectivity index (χ4v) is 1.87. The fourth-order valence-electron chi connectivity index (χ4n) is 1.43. The third-order valence-electron chi connectivity index (χ3n) is 2.25. The smallest absolute Gasteiger partial charge is 0.407 e. The van der Waals surface area contributed by atoms with Gasteiger partial charge in [-0.15, -0.1) is 0 Å². The van der Waals surface area contributed by atoms with Gasteiger partial charge >= 0.3 is 12.1 Å². The van der Waals surface area contributed by atoms with Crippen molar-refractivity contribution in [3.8, 4) is 0 Å². The Morgan fingerprint density at radius 3 is 3.00 bits per heavy atom. The molecule has 0 spiro atoms. The van der Waals surface area contributed by atoms with Crippen LogP contribution in [0.5, 0.6) is 0 Å². The van der Waals surface area contributed by atoms with Gasteiger partial charge in [0.15, 0.2) is 0 Å². The largest absolute Gasteiger partial charge is 0.469 e. The summed E-state index contributed by atoms with van der Waals surface area (Å²) in [6, 6.07) is -0.180. The van der Waals surface area contributed by atoms with E-state index in [1.165, 1.54) is 7.11 Å². The van der Waals surface area contributed by atoms with Crippen LogP contribution in [0.15, 0.2) is 0 Å². The van der Waals surface area contributed by atoms with Crippen molar-refractivity contribution in [1.29, 1.82) is 0 Å². The highest BCUT2D eigenvalue weighted by Crippen LogP contribution is 2.20. The van der Waals surface area contributed by atoms with E-state index < -0.39 is 6.09 Å². The van der Waals surface area contributed by atoms with Crippen molar-refractivity contribution in [2.24, 2.45) is 0 Å². The summed E-state index contributed by atoms with van der Waals surface area (Å²) in [5, 5.41) is 2.60. The molecule has 1 N–H and O–H groups in total. The second-order valence-electron chi connectivity index (χ2n) is 3.48. The van der Waals surface area contributed by atoms with Crippen LogP contribution in [0.25, 0.3) is 0 Å². The van der Waals surface area contributed by atoms with Gasteiger partial charge in [0.1, 0.15) is 6.10 Å². The minimum atomic E-state index is -0.455. The normalized spacial score (nSPS) is 27.5. The molecule has 1 rings (SSSR count). The molecule has 1 heterocycles. The lowest BCUT2D eigenvalue weighted by molar-refractivity contribution is -0.141. The summed E-state index contributed by atoms with van der Waals surface area (Å²) in [4.78, 5) is 22.2. The lowest BCUT2D eigenvalue weighted by atomic mass is 10.0. The van der Waals surface area contributed by atoms with Gasteiger partial charge in [-0.3, -0.25) is 4.79 Å². The summed E-state index contributed by atoms with van der Waals surface area (Å²) in [7, 11) is 1.34. The van der Waals surface area contributed by atoms with Gasteiger partial charge in [0.25, 0.3) is 0 Å². The van der Waals surface area contributed by atoms with Crippen molar-refractivity contribution in [3.63, 3.8) is 0 Å². The Balaban J connectivity index is 2.51. The standard InChI is InChI=1S/C9H14INO4/c1-5(10)7-3-6(4-8(12)14-2)11-9(13)15-7/h5-7H,3-4H2,1-2H3,(H,11,13)/t5-,6+,7+/m0/s1. The number of hydrogen-bond acceptors (Lipinski definition) is 4. The summed E-state index contributed by atoms with van der Waals surface area (Å²) in [5.74, 6) is -0.318. The molecule has 0 aromatic carbocycles. The summed E-state index contributed by atoms with van der Waals surface area (Å²) >= 11 is 2.20. The molecule has 1 aliphatic heterocycles. The predicted octanol–water partition coefficient (Wildman–Crippen LogP) is 1.24. The molecule has 0 radical (unpaired) electrons. The zero-order chi connectivity index (χ0) is 11.4. The number of rotatable bonds is 3. The van der Waals surface area contributed by atoms with Crippen molar-refractivity contribution in [2.75, 3.05) is 7.11 Å². The Bertz CT molecular complexity index is 256. The third-order valence-corrected chi connectivity index (χ3v) is 3.05. The number of halogens is 1. The highest BCUT2D eigenvalue weighted by molar-refractivity contribution is 14.1. The van der Waals surface area contributed by atoms with E-state index in [4.69, 9.17) is 4.74 Å². The fraction of sp³-hybridized carbons (Fsp3) is 0.778. The summed E-state index contributed by atoms with van der Waals surface area (Å²) in [5.41, 5.74) is 0. The van der Waals surface area contributed by atoms with Crippen LogP contribution in [0.3, 0.4) is 0 Å². The molecule has 3 atom stereocenters. The van der Waals surface area contributed by atoms with E-state index in [1.807, 2.05) is 6.92 Å². The number of methoxy groups -OCH3 is 1. The molecule has 0 saturated carbocycles. The monoisotopic (exact) mass is 327 g/mol. The Morgan fingerprint density at radius 2 is 2.47 bits per heavy atom. The lowest BCUT2D eigenvalue weighted by Gasteiger charge is -2.31. The molecule has 86 valence electrons. The van der Waals surface area contributed by atoms with Crippen LogP contribution in [0.2, 0.25) is 0 Å². The van der Waals surface area contributed by atoms with Crippen LogP contribution in [-0.4, -0.2) is 35.2 Å². The Hall–Kier alpha value is -0.530. The molecule has 1 fully saturated rings. The molecule has 6 heteroatoms. The maximum Gasteiger partial charge on any atom is 0.407 e. The molecule has 1 saturated heterocycles. The van der Waals surface area contributed by atoms with E-state index in [1.54, 1.807) is 0 Å². The van der Waals surface area contributed by atoms with Crippen LogP contribution >= 0.6 is 22.6 Å². The van der Waals surface area contributed by atoms with Gasteiger partial charge in [0.2, 0.25) is 0 Å². The lowest BCUT2D eigenvalue weighted by Crippen LogP contribution is -2.48. The van der Waals surface area contributed by atoms with E-state index in [9.17, 15) is 9.59 Å². The SMILES string of the molecule is COC(=O)C[C@H]1C[C@H]([C@H](C)I)OC(=O)N1. The molecular formula is C9H14INO4. The second kappa shape index (κ2) is 5.53. The van der Waals surface area contributed by atoms with Crippen molar-refractivity contribution in [3.05, 3.63) is 0 Å². The van der Waals surface area contributed by atoms with E-state index in [0.29, 0.717) is 6.42 Å². The topological polar surface area (TPSA) is 64.6 Å². The Morgan fingerprint density at radius 1 is 1.80 bits per heavy atom. The number of alkyl carbamates (subject to hydrolysis) is 1. The first-order valence-electron chi connectivity index (χ1n) is 4.71. The van der Waals surface area contributed by atoms with E-state index in [0.717, 1.165) is 0 Å². The third kappa shape index (κ3) is 3.84. The average molecular weight is 327 g/mol. The van der Waals surface area contributed by atoms with Crippen LogP contribution in [0.1, 0.15) is 19.8 Å². The van der Waals surface area contributed by atoms with E-state index >= 15 is 0 Å². The van der Waals surface area contributed by atoms with Gasteiger partial charge in [0.05, 0.1) is 13.5 Å². The molecule has 0 aromatic heterocycles. The summed E-state index contributed by atoms with van der Waals surface area (Å²) < 4.78 is 9.86. The van der Waals surface area contributed by atoms with Crippen LogP contribution in [-0.2, 0) is 14.3 Å². The quantitative estimate of drug-likeness (QED) is 0.481. The molecule has 1 aliphatic rings. The zero-order valence-electron chi connectivity index (χ0n) is 8.66. The first kappa shape index (κ1) is 12.5. The van der Waals surface area contributed by atoms with Gasteiger partial charge < -0.3 is 14.8 Å². The number of carbonyl (C=O) groups is 2. The number of cyclic esters (lactones) is 1. The van der Waals surface area contributed by atoms with Crippen LogP contribution in [0, 0.1) is 0 Å². The van der Waals surface area contributed by atoms with Crippen molar-refractivity contribution < 1.29 is 19.1 Å². The van der Waals surface area contributed by atoms with Crippen LogP contribution < -0.4 is 5.32 Å². The first-order valence-corrected chi connectivity index (χ1v) is 5.95. The number of carbonyl (C=O) groups excluding carboxylic acids is 2. The molecule has 0 unspecified atom stereocenters. The molecule has 15 heavy (non-hydrogen) atoms. The molecule has 0 aromatic rings. The van der Waals surface area contributed by atoms with Gasteiger partial charge in [-0.2, -0.15) is 0 Å². The number of amides is 1. The number of nitrogens with one attached hydrogen (secondary N) is 1. The number of hydrogen-bond donors (Lipinski definition) is 1. The highest BCUT2D eigenvalue weighted by atomic mass is 127. The zero-order valence-corrected chi connectivity index (χ0v) is 10.8. The maximum absolute atomic E-state index is 11.2. The summed E-state index contributed by atoms with van der Waals surface area (Å²) in [6.07, 6.45) is 0.258. The maximum atomic E-state index is 11.2. The van der Waals surface area contributed by atoms with Crippen molar-refractivity contribution >= 4 is 34.7 Å². The van der Waals surface area contributed by atoms with Gasteiger partial charge in [-0.25, -0.2) is 4.79 Å². The Labute approximate surface area is 102 Å². The number of esters is 1. The molecule has 5 nitrogen and oxygen atoms in total. The molecule has 0 bridgehead atoms. The van der Waals surface area contributed by atoms with Gasteiger partial charge in [-0.05, 0) is 6.92 Å². The highest BCUT2D eigenvalue weighted by Gasteiger charge is 2.31. The molecule has 0 aliphatic carbocycles. The molecular weight excluding hydrogens is 313 g/mol. The van der Waals surface area contributed by atoms with Crippen LogP contribution in [0.4, 0.5) is 4.79 Å². The van der Waals surface area contributed by atoms with E-state index in [2.05, 4.69) is 32.6 Å².